The molecule has 0 aliphatic heterocycles. The summed E-state index contributed by atoms with van der Waals surface area (Å²) < 4.78 is 5.39. The molecule has 0 radical (unpaired) electrons. The molecule has 3 N–H and O–H groups in total. The Hall–Kier alpha value is -1.76. The summed E-state index contributed by atoms with van der Waals surface area (Å²) in [6.07, 6.45) is 4.75. The number of nitrogens with zero attached hydrogens (tertiary/aromatic N) is 1. The summed E-state index contributed by atoms with van der Waals surface area (Å²) in [6, 6.07) is 18.3. The van der Waals surface area contributed by atoms with Gasteiger partial charge in [-0.1, -0.05) is 43.2 Å². The van der Waals surface area contributed by atoms with Crippen LogP contribution in [0.5, 0.6) is 5.75 Å². The Kier molecular flexibility index (Phi) is 7.11. The normalized spacial score (nSPS) is 16.1. The first-order valence-electron chi connectivity index (χ1n) is 8.48. The number of methoxy groups -OCH3 is 1. The lowest BCUT2D eigenvalue weighted by atomic mass is 9.79. The van der Waals surface area contributed by atoms with E-state index in [-0.39, 0.29) is 29.4 Å². The molecule has 134 valence electrons. The SMILES string of the molecule is COc1cccc(C2(CN=C(N)Nc3ccccc3)CCCC2)c1.I. The first-order valence-corrected chi connectivity index (χ1v) is 8.48. The summed E-state index contributed by atoms with van der Waals surface area (Å²) in [5.41, 5.74) is 8.42. The van der Waals surface area contributed by atoms with E-state index in [1.165, 1.54) is 18.4 Å². The van der Waals surface area contributed by atoms with Gasteiger partial charge in [-0.3, -0.25) is 4.99 Å². The van der Waals surface area contributed by atoms with Crippen LogP contribution in [0.3, 0.4) is 0 Å². The number of aliphatic imine (C=N–C) groups is 1. The third-order valence-electron chi connectivity index (χ3n) is 4.84. The molecule has 2 aromatic carbocycles. The Bertz CT molecular complexity index is 697. The smallest absolute Gasteiger partial charge is 0.193 e. The van der Waals surface area contributed by atoms with Crippen LogP contribution < -0.4 is 15.8 Å². The van der Waals surface area contributed by atoms with Gasteiger partial charge in [-0.15, -0.1) is 24.0 Å². The highest BCUT2D eigenvalue weighted by Gasteiger charge is 2.35. The van der Waals surface area contributed by atoms with Crippen LogP contribution in [0.25, 0.3) is 0 Å². The van der Waals surface area contributed by atoms with Gasteiger partial charge >= 0.3 is 0 Å². The van der Waals surface area contributed by atoms with E-state index in [0.29, 0.717) is 12.5 Å². The van der Waals surface area contributed by atoms with Crippen molar-refractivity contribution in [3.63, 3.8) is 0 Å². The number of ether oxygens (including phenoxy) is 1. The van der Waals surface area contributed by atoms with Crippen molar-refractivity contribution in [2.24, 2.45) is 10.7 Å². The number of hydrogen-bond donors (Lipinski definition) is 2. The van der Waals surface area contributed by atoms with Crippen LogP contribution in [0.2, 0.25) is 0 Å². The number of hydrogen-bond acceptors (Lipinski definition) is 2. The number of nitrogens with two attached hydrogens (primary N) is 1. The maximum atomic E-state index is 6.09. The maximum absolute atomic E-state index is 6.09. The Morgan fingerprint density at radius 2 is 1.84 bits per heavy atom. The Balaban J connectivity index is 0.00000225. The molecule has 1 aliphatic carbocycles. The van der Waals surface area contributed by atoms with Crippen LogP contribution in [-0.2, 0) is 5.41 Å². The molecule has 3 rings (SSSR count). The number of halogens is 1. The molecule has 1 aliphatic rings. The standard InChI is InChI=1S/C20H25N3O.HI/c1-24-18-11-7-8-16(14-18)20(12-5-6-13-20)15-22-19(21)23-17-9-3-2-4-10-17;/h2-4,7-11,14H,5-6,12-13,15H2,1H3,(H3,21,22,23);1H. The average molecular weight is 451 g/mol. The van der Waals surface area contributed by atoms with Crippen molar-refractivity contribution in [1.29, 1.82) is 0 Å². The third-order valence-corrected chi connectivity index (χ3v) is 4.84. The number of benzene rings is 2. The van der Waals surface area contributed by atoms with Crippen LogP contribution in [0.15, 0.2) is 59.6 Å². The molecule has 1 saturated carbocycles. The van der Waals surface area contributed by atoms with Crippen molar-refractivity contribution < 1.29 is 4.74 Å². The second-order valence-electron chi connectivity index (χ2n) is 6.41. The molecule has 0 aromatic heterocycles. The zero-order valence-corrected chi connectivity index (χ0v) is 16.9. The summed E-state index contributed by atoms with van der Waals surface area (Å²) >= 11 is 0. The lowest BCUT2D eigenvalue weighted by molar-refractivity contribution is 0.408. The monoisotopic (exact) mass is 451 g/mol. The molecule has 0 saturated heterocycles. The van der Waals surface area contributed by atoms with Crippen LogP contribution in [0.1, 0.15) is 31.2 Å². The highest BCUT2D eigenvalue weighted by molar-refractivity contribution is 14.0. The Morgan fingerprint density at radius 3 is 2.52 bits per heavy atom. The Labute approximate surface area is 166 Å². The van der Waals surface area contributed by atoms with Crippen molar-refractivity contribution in [2.75, 3.05) is 19.0 Å². The zero-order valence-electron chi connectivity index (χ0n) is 14.6. The molecule has 0 amide bonds. The number of para-hydroxylation sites is 1. The lowest BCUT2D eigenvalue weighted by Gasteiger charge is -2.28. The van der Waals surface area contributed by atoms with E-state index in [1.54, 1.807) is 7.11 Å². The van der Waals surface area contributed by atoms with E-state index in [1.807, 2.05) is 36.4 Å². The van der Waals surface area contributed by atoms with E-state index in [0.717, 1.165) is 24.3 Å². The summed E-state index contributed by atoms with van der Waals surface area (Å²) in [5, 5.41) is 3.16. The van der Waals surface area contributed by atoms with Gasteiger partial charge in [0.25, 0.3) is 0 Å². The van der Waals surface area contributed by atoms with Gasteiger partial charge in [0.15, 0.2) is 5.96 Å². The largest absolute Gasteiger partial charge is 0.497 e. The van der Waals surface area contributed by atoms with Crippen LogP contribution in [-0.4, -0.2) is 19.6 Å². The highest BCUT2D eigenvalue weighted by atomic mass is 127. The predicted molar refractivity (Wildman–Crippen MR) is 115 cm³/mol. The molecule has 0 bridgehead atoms. The van der Waals surface area contributed by atoms with Crippen LogP contribution in [0.4, 0.5) is 5.69 Å². The molecule has 0 heterocycles. The van der Waals surface area contributed by atoms with Crippen molar-refractivity contribution in [2.45, 2.75) is 31.1 Å². The molecule has 1 fully saturated rings. The minimum Gasteiger partial charge on any atom is -0.497 e. The van der Waals surface area contributed by atoms with Crippen LogP contribution in [0, 0.1) is 0 Å². The van der Waals surface area contributed by atoms with Gasteiger partial charge in [0, 0.05) is 11.1 Å². The first-order chi connectivity index (χ1) is 11.7. The fourth-order valence-electron chi connectivity index (χ4n) is 3.49. The molecule has 0 spiro atoms. The van der Waals surface area contributed by atoms with Gasteiger partial charge in [-0.2, -0.15) is 0 Å². The van der Waals surface area contributed by atoms with Gasteiger partial charge in [0.1, 0.15) is 5.75 Å². The summed E-state index contributed by atoms with van der Waals surface area (Å²) in [7, 11) is 1.71. The van der Waals surface area contributed by atoms with E-state index >= 15 is 0 Å². The number of guanidine groups is 1. The van der Waals surface area contributed by atoms with Gasteiger partial charge in [-0.25, -0.2) is 0 Å². The molecule has 25 heavy (non-hydrogen) atoms. The summed E-state index contributed by atoms with van der Waals surface area (Å²) in [5.74, 6) is 1.37. The second kappa shape index (κ2) is 9.08. The topological polar surface area (TPSA) is 59.6 Å². The van der Waals surface area contributed by atoms with E-state index in [4.69, 9.17) is 10.5 Å². The summed E-state index contributed by atoms with van der Waals surface area (Å²) in [4.78, 5) is 4.65. The first kappa shape index (κ1) is 19.6. The van der Waals surface area contributed by atoms with E-state index < -0.39 is 0 Å². The number of nitrogens with one attached hydrogen (secondary N) is 1. The number of anilines is 1. The zero-order chi connectivity index (χ0) is 16.8. The van der Waals surface area contributed by atoms with Crippen molar-refractivity contribution in [3.05, 3.63) is 60.2 Å². The molecular weight excluding hydrogens is 425 g/mol. The van der Waals surface area contributed by atoms with Gasteiger partial charge < -0.3 is 15.8 Å². The van der Waals surface area contributed by atoms with E-state index in [9.17, 15) is 0 Å². The van der Waals surface area contributed by atoms with Gasteiger partial charge in [0.05, 0.1) is 13.7 Å². The fraction of sp³-hybridized carbons (Fsp3) is 0.350. The number of rotatable bonds is 5. The predicted octanol–water partition coefficient (Wildman–Crippen LogP) is 4.55. The van der Waals surface area contributed by atoms with Gasteiger partial charge in [-0.05, 0) is 42.7 Å². The third kappa shape index (κ3) is 4.87. The minimum atomic E-state index is 0. The fourth-order valence-corrected chi connectivity index (χ4v) is 3.49. The molecule has 0 atom stereocenters. The van der Waals surface area contributed by atoms with Crippen LogP contribution >= 0.6 is 24.0 Å². The average Bonchev–Trinajstić information content (AvgIpc) is 3.11. The molecule has 2 aromatic rings. The molecule has 5 heteroatoms. The summed E-state index contributed by atoms with van der Waals surface area (Å²) in [6.45, 7) is 0.700. The Morgan fingerprint density at radius 1 is 1.12 bits per heavy atom. The second-order valence-corrected chi connectivity index (χ2v) is 6.41. The maximum Gasteiger partial charge on any atom is 0.193 e. The van der Waals surface area contributed by atoms with E-state index in [2.05, 4.69) is 28.5 Å². The molecule has 4 nitrogen and oxygen atoms in total. The highest BCUT2D eigenvalue weighted by Crippen LogP contribution is 2.42. The molecular formula is C20H26IN3O. The minimum absolute atomic E-state index is 0. The van der Waals surface area contributed by atoms with Gasteiger partial charge in [0.2, 0.25) is 0 Å². The lowest BCUT2D eigenvalue weighted by Crippen LogP contribution is -2.30. The quantitative estimate of drug-likeness (QED) is 0.399. The molecule has 0 unspecified atom stereocenters. The van der Waals surface area contributed by atoms with Crippen molar-refractivity contribution in [1.82, 2.24) is 0 Å². The van der Waals surface area contributed by atoms with Crippen molar-refractivity contribution in [3.8, 4) is 5.75 Å². The van der Waals surface area contributed by atoms with Crippen molar-refractivity contribution >= 4 is 35.6 Å².